The second kappa shape index (κ2) is 3.24. The van der Waals surface area contributed by atoms with Crippen molar-refractivity contribution in [3.8, 4) is 0 Å². The standard InChI is InChI=1S/C8H9F2N3/c9-1-6-4-13(5-6)8-11-2-7(10)3-12-8/h2-3,6H,1,4-5H2. The Bertz CT molecular complexity index is 282. The van der Waals surface area contributed by atoms with Crippen molar-refractivity contribution < 1.29 is 8.78 Å². The highest BCUT2D eigenvalue weighted by atomic mass is 19.1. The SMILES string of the molecule is FCC1CN(c2ncc(F)cn2)C1. The molecule has 3 nitrogen and oxygen atoms in total. The molecule has 2 rings (SSSR count). The van der Waals surface area contributed by atoms with Crippen molar-refractivity contribution >= 4 is 5.95 Å². The number of halogens is 2. The summed E-state index contributed by atoms with van der Waals surface area (Å²) in [5.74, 6) is 0.117. The van der Waals surface area contributed by atoms with Crippen LogP contribution < -0.4 is 4.90 Å². The summed E-state index contributed by atoms with van der Waals surface area (Å²) in [6.07, 6.45) is 2.23. The van der Waals surface area contributed by atoms with Crippen LogP contribution in [0.2, 0.25) is 0 Å². The van der Waals surface area contributed by atoms with E-state index in [4.69, 9.17) is 0 Å². The number of alkyl halides is 1. The average molecular weight is 185 g/mol. The Morgan fingerprint density at radius 2 is 2.00 bits per heavy atom. The molecule has 1 fully saturated rings. The minimum atomic E-state index is -0.452. The number of aromatic nitrogens is 2. The Labute approximate surface area is 74.4 Å². The summed E-state index contributed by atoms with van der Waals surface area (Å²) >= 11 is 0. The summed E-state index contributed by atoms with van der Waals surface area (Å²) in [7, 11) is 0. The number of anilines is 1. The zero-order chi connectivity index (χ0) is 9.26. The molecular formula is C8H9F2N3. The quantitative estimate of drug-likeness (QED) is 0.688. The number of rotatable bonds is 2. The molecule has 1 saturated heterocycles. The van der Waals surface area contributed by atoms with Gasteiger partial charge in [0.25, 0.3) is 0 Å². The minimum Gasteiger partial charge on any atom is -0.340 e. The second-order valence-corrected chi connectivity index (χ2v) is 3.13. The number of nitrogens with zero attached hydrogens (tertiary/aromatic N) is 3. The highest BCUT2D eigenvalue weighted by molar-refractivity contribution is 5.32. The summed E-state index contributed by atoms with van der Waals surface area (Å²) in [5.41, 5.74) is 0. The van der Waals surface area contributed by atoms with Crippen LogP contribution in [0, 0.1) is 11.7 Å². The fraction of sp³-hybridized carbons (Fsp3) is 0.500. The maximum Gasteiger partial charge on any atom is 0.225 e. The first-order valence-electron chi connectivity index (χ1n) is 4.08. The maximum atomic E-state index is 12.4. The molecule has 0 unspecified atom stereocenters. The van der Waals surface area contributed by atoms with Crippen LogP contribution >= 0.6 is 0 Å². The van der Waals surface area contributed by atoms with E-state index < -0.39 is 5.82 Å². The van der Waals surface area contributed by atoms with Gasteiger partial charge in [0.15, 0.2) is 5.82 Å². The van der Waals surface area contributed by atoms with E-state index in [0.717, 1.165) is 12.4 Å². The Hall–Kier alpha value is -1.26. The molecule has 0 amide bonds. The van der Waals surface area contributed by atoms with Gasteiger partial charge in [-0.05, 0) is 0 Å². The van der Waals surface area contributed by atoms with E-state index in [1.165, 1.54) is 0 Å². The van der Waals surface area contributed by atoms with Crippen molar-refractivity contribution in [2.75, 3.05) is 24.7 Å². The zero-order valence-electron chi connectivity index (χ0n) is 6.95. The van der Waals surface area contributed by atoms with Gasteiger partial charge in [0.1, 0.15) is 0 Å². The summed E-state index contributed by atoms with van der Waals surface area (Å²) < 4.78 is 24.5. The third-order valence-corrected chi connectivity index (χ3v) is 2.06. The predicted octanol–water partition coefficient (Wildman–Crippen LogP) is 1.02. The molecule has 0 radical (unpaired) electrons. The van der Waals surface area contributed by atoms with Gasteiger partial charge in [-0.2, -0.15) is 0 Å². The van der Waals surface area contributed by atoms with Crippen LogP contribution in [0.15, 0.2) is 12.4 Å². The van der Waals surface area contributed by atoms with Crippen molar-refractivity contribution in [3.05, 3.63) is 18.2 Å². The Morgan fingerprint density at radius 3 is 2.54 bits per heavy atom. The molecule has 0 N–H and O–H groups in total. The maximum absolute atomic E-state index is 12.4. The molecule has 1 aromatic rings. The van der Waals surface area contributed by atoms with E-state index in [9.17, 15) is 8.78 Å². The van der Waals surface area contributed by atoms with Gasteiger partial charge in [-0.3, -0.25) is 4.39 Å². The molecule has 0 atom stereocenters. The lowest BCUT2D eigenvalue weighted by Crippen LogP contribution is -2.48. The smallest absolute Gasteiger partial charge is 0.225 e. The normalized spacial score (nSPS) is 17.2. The fourth-order valence-corrected chi connectivity index (χ4v) is 1.30. The van der Waals surface area contributed by atoms with Gasteiger partial charge in [0.05, 0.1) is 19.1 Å². The van der Waals surface area contributed by atoms with Gasteiger partial charge in [-0.1, -0.05) is 0 Å². The lowest BCUT2D eigenvalue weighted by Gasteiger charge is -2.37. The van der Waals surface area contributed by atoms with Crippen LogP contribution in [-0.2, 0) is 0 Å². The monoisotopic (exact) mass is 185 g/mol. The van der Waals surface area contributed by atoms with Crippen molar-refractivity contribution in [1.82, 2.24) is 9.97 Å². The lowest BCUT2D eigenvalue weighted by molar-refractivity contribution is 0.303. The highest BCUT2D eigenvalue weighted by Crippen LogP contribution is 2.20. The van der Waals surface area contributed by atoms with Crippen molar-refractivity contribution in [2.24, 2.45) is 5.92 Å². The molecule has 0 aliphatic carbocycles. The minimum absolute atomic E-state index is 0.0913. The van der Waals surface area contributed by atoms with E-state index in [1.54, 1.807) is 0 Å². The predicted molar refractivity (Wildman–Crippen MR) is 43.7 cm³/mol. The molecule has 1 aliphatic heterocycles. The molecule has 5 heteroatoms. The molecule has 1 aromatic heterocycles. The Kier molecular flexibility index (Phi) is 2.08. The van der Waals surface area contributed by atoms with Gasteiger partial charge >= 0.3 is 0 Å². The van der Waals surface area contributed by atoms with Gasteiger partial charge in [0, 0.05) is 19.0 Å². The second-order valence-electron chi connectivity index (χ2n) is 3.13. The van der Waals surface area contributed by atoms with E-state index in [0.29, 0.717) is 19.0 Å². The molecule has 70 valence electrons. The van der Waals surface area contributed by atoms with Crippen LogP contribution in [0.5, 0.6) is 0 Å². The first-order chi connectivity index (χ1) is 6.29. The molecule has 0 spiro atoms. The van der Waals surface area contributed by atoms with Gasteiger partial charge < -0.3 is 4.90 Å². The van der Waals surface area contributed by atoms with Crippen LogP contribution in [-0.4, -0.2) is 29.7 Å². The lowest BCUT2D eigenvalue weighted by atomic mass is 10.0. The third-order valence-electron chi connectivity index (χ3n) is 2.06. The van der Waals surface area contributed by atoms with Crippen molar-refractivity contribution in [2.45, 2.75) is 0 Å². The van der Waals surface area contributed by atoms with E-state index in [1.807, 2.05) is 4.90 Å². The first-order valence-corrected chi connectivity index (χ1v) is 4.08. The topological polar surface area (TPSA) is 29.0 Å². The summed E-state index contributed by atoms with van der Waals surface area (Å²) in [6, 6.07) is 0. The van der Waals surface area contributed by atoms with Gasteiger partial charge in [0.2, 0.25) is 5.95 Å². The molecule has 0 saturated carbocycles. The van der Waals surface area contributed by atoms with Crippen molar-refractivity contribution in [1.29, 1.82) is 0 Å². The van der Waals surface area contributed by atoms with Crippen molar-refractivity contribution in [3.63, 3.8) is 0 Å². The van der Waals surface area contributed by atoms with Crippen LogP contribution in [0.1, 0.15) is 0 Å². The van der Waals surface area contributed by atoms with Gasteiger partial charge in [-0.25, -0.2) is 14.4 Å². The van der Waals surface area contributed by atoms with Crippen LogP contribution in [0.3, 0.4) is 0 Å². The largest absolute Gasteiger partial charge is 0.340 e. The van der Waals surface area contributed by atoms with E-state index in [2.05, 4.69) is 9.97 Å². The molecule has 13 heavy (non-hydrogen) atoms. The van der Waals surface area contributed by atoms with E-state index >= 15 is 0 Å². The number of hydrogen-bond acceptors (Lipinski definition) is 3. The van der Waals surface area contributed by atoms with Crippen LogP contribution in [0.4, 0.5) is 14.7 Å². The average Bonchev–Trinajstić information content (AvgIpc) is 2.06. The summed E-state index contributed by atoms with van der Waals surface area (Å²) in [6.45, 7) is 0.946. The Balaban J connectivity index is 1.99. The highest BCUT2D eigenvalue weighted by Gasteiger charge is 2.28. The van der Waals surface area contributed by atoms with E-state index in [-0.39, 0.29) is 12.6 Å². The summed E-state index contributed by atoms with van der Waals surface area (Å²) in [5, 5.41) is 0. The fourth-order valence-electron chi connectivity index (χ4n) is 1.30. The third kappa shape index (κ3) is 1.59. The summed E-state index contributed by atoms with van der Waals surface area (Å²) in [4.78, 5) is 9.40. The molecular weight excluding hydrogens is 176 g/mol. The van der Waals surface area contributed by atoms with Gasteiger partial charge in [-0.15, -0.1) is 0 Å². The molecule has 0 bridgehead atoms. The molecule has 2 heterocycles. The molecule has 1 aliphatic rings. The van der Waals surface area contributed by atoms with Crippen LogP contribution in [0.25, 0.3) is 0 Å². The Morgan fingerprint density at radius 1 is 1.38 bits per heavy atom. The first kappa shape index (κ1) is 8.34. The molecule has 0 aromatic carbocycles. The number of hydrogen-bond donors (Lipinski definition) is 0. The zero-order valence-corrected chi connectivity index (χ0v) is 6.95.